The molecule has 19 heavy (non-hydrogen) atoms. The van der Waals surface area contributed by atoms with Crippen molar-refractivity contribution < 1.29 is 9.53 Å². The smallest absolute Gasteiger partial charge is 0.319 e. The Morgan fingerprint density at radius 1 is 0.895 bits per heavy atom. The zero-order valence-electron chi connectivity index (χ0n) is 12.7. The monoisotopic (exact) mass is 293 g/mol. The normalized spacial score (nSPS) is 10.0. The molecule has 0 unspecified atom stereocenters. The number of rotatable bonds is 13. The molecule has 0 heterocycles. The van der Waals surface area contributed by atoms with E-state index in [0.29, 0.717) is 6.54 Å². The number of halogens is 1. The van der Waals surface area contributed by atoms with Crippen molar-refractivity contribution in [2.24, 2.45) is 0 Å². The van der Waals surface area contributed by atoms with Crippen LogP contribution in [0.25, 0.3) is 0 Å². The number of carbonyl (C=O) groups is 1. The van der Waals surface area contributed by atoms with Crippen LogP contribution in [-0.2, 0) is 9.53 Å². The van der Waals surface area contributed by atoms with Crippen molar-refractivity contribution in [1.82, 2.24) is 5.32 Å². The molecular formula is C15H32ClNO2. The lowest BCUT2D eigenvalue weighted by molar-refractivity contribution is -0.139. The van der Waals surface area contributed by atoms with Crippen LogP contribution in [0.15, 0.2) is 0 Å². The summed E-state index contributed by atoms with van der Waals surface area (Å²) in [5.74, 6) is -0.179. The van der Waals surface area contributed by atoms with Crippen LogP contribution in [-0.4, -0.2) is 26.2 Å². The summed E-state index contributed by atoms with van der Waals surface area (Å²) in [5, 5.41) is 3.09. The first-order valence-electron chi connectivity index (χ1n) is 7.58. The minimum Gasteiger partial charge on any atom is -0.468 e. The summed E-state index contributed by atoms with van der Waals surface area (Å²) in [6, 6.07) is 0. The molecule has 0 aliphatic rings. The minimum atomic E-state index is -0.179. The molecule has 0 aromatic rings. The minimum absolute atomic E-state index is 0. The third kappa shape index (κ3) is 17.7. The van der Waals surface area contributed by atoms with Gasteiger partial charge in [-0.25, -0.2) is 0 Å². The lowest BCUT2D eigenvalue weighted by atomic mass is 10.1. The van der Waals surface area contributed by atoms with Gasteiger partial charge >= 0.3 is 5.97 Å². The third-order valence-electron chi connectivity index (χ3n) is 3.20. The summed E-state index contributed by atoms with van der Waals surface area (Å²) < 4.78 is 4.55. The van der Waals surface area contributed by atoms with Crippen molar-refractivity contribution in [3.8, 4) is 0 Å². The Morgan fingerprint density at radius 2 is 1.37 bits per heavy atom. The van der Waals surface area contributed by atoms with Crippen LogP contribution >= 0.6 is 12.4 Å². The molecule has 1 N–H and O–H groups in total. The van der Waals surface area contributed by atoms with Crippen molar-refractivity contribution in [1.29, 1.82) is 0 Å². The van der Waals surface area contributed by atoms with Gasteiger partial charge in [-0.2, -0.15) is 0 Å². The van der Waals surface area contributed by atoms with Crippen molar-refractivity contribution in [3.05, 3.63) is 0 Å². The second kappa shape index (κ2) is 17.7. The Balaban J connectivity index is 0. The Kier molecular flexibility index (Phi) is 19.6. The van der Waals surface area contributed by atoms with Gasteiger partial charge in [0.2, 0.25) is 0 Å². The van der Waals surface area contributed by atoms with Gasteiger partial charge in [0.15, 0.2) is 0 Å². The van der Waals surface area contributed by atoms with Crippen LogP contribution < -0.4 is 5.32 Å². The molecule has 0 fully saturated rings. The molecule has 0 spiro atoms. The molecule has 0 radical (unpaired) electrons. The van der Waals surface area contributed by atoms with Crippen molar-refractivity contribution in [2.75, 3.05) is 20.2 Å². The number of hydrogen-bond acceptors (Lipinski definition) is 3. The average molecular weight is 294 g/mol. The SMILES string of the molecule is CCCCCCCCCCCCNCC(=O)OC.Cl. The van der Waals surface area contributed by atoms with Gasteiger partial charge in [-0.3, -0.25) is 4.79 Å². The zero-order valence-corrected chi connectivity index (χ0v) is 13.5. The Labute approximate surface area is 125 Å². The van der Waals surface area contributed by atoms with Gasteiger partial charge in [0, 0.05) is 0 Å². The molecule has 0 saturated carbocycles. The number of unbranched alkanes of at least 4 members (excludes halogenated alkanes) is 9. The molecule has 0 aliphatic carbocycles. The fourth-order valence-corrected chi connectivity index (χ4v) is 2.00. The van der Waals surface area contributed by atoms with Gasteiger partial charge in [0.05, 0.1) is 13.7 Å². The molecule has 3 nitrogen and oxygen atoms in total. The molecule has 0 saturated heterocycles. The van der Waals surface area contributed by atoms with Crippen molar-refractivity contribution in [2.45, 2.75) is 71.1 Å². The van der Waals surface area contributed by atoms with Gasteiger partial charge in [-0.1, -0.05) is 64.7 Å². The van der Waals surface area contributed by atoms with Crippen LogP contribution in [0.2, 0.25) is 0 Å². The van der Waals surface area contributed by atoms with E-state index in [0.717, 1.165) is 13.0 Å². The number of hydrogen-bond donors (Lipinski definition) is 1. The maximum Gasteiger partial charge on any atom is 0.319 e. The van der Waals surface area contributed by atoms with E-state index in [9.17, 15) is 4.79 Å². The summed E-state index contributed by atoms with van der Waals surface area (Å²) in [6.45, 7) is 3.52. The van der Waals surface area contributed by atoms with Gasteiger partial charge in [0.25, 0.3) is 0 Å². The lowest BCUT2D eigenvalue weighted by Gasteiger charge is -2.04. The van der Waals surface area contributed by atoms with Crippen molar-refractivity contribution in [3.63, 3.8) is 0 Å². The molecule has 0 bridgehead atoms. The third-order valence-corrected chi connectivity index (χ3v) is 3.20. The highest BCUT2D eigenvalue weighted by Crippen LogP contribution is 2.10. The fraction of sp³-hybridized carbons (Fsp3) is 0.933. The maximum atomic E-state index is 10.8. The van der Waals surface area contributed by atoms with Gasteiger partial charge in [-0.15, -0.1) is 12.4 Å². The fourth-order valence-electron chi connectivity index (χ4n) is 2.00. The summed E-state index contributed by atoms with van der Waals surface area (Å²) in [5.41, 5.74) is 0. The molecule has 0 atom stereocenters. The predicted octanol–water partition coefficient (Wildman–Crippen LogP) is 4.09. The predicted molar refractivity (Wildman–Crippen MR) is 84.0 cm³/mol. The van der Waals surface area contributed by atoms with E-state index in [4.69, 9.17) is 0 Å². The highest BCUT2D eigenvalue weighted by Gasteiger charge is 1.97. The number of nitrogens with one attached hydrogen (secondary N) is 1. The molecule has 116 valence electrons. The van der Waals surface area contributed by atoms with E-state index >= 15 is 0 Å². The summed E-state index contributed by atoms with van der Waals surface area (Å²) in [4.78, 5) is 10.8. The average Bonchev–Trinajstić information content (AvgIpc) is 2.39. The van der Waals surface area contributed by atoms with E-state index in [1.807, 2.05) is 0 Å². The Hall–Kier alpha value is -0.280. The first kappa shape index (κ1) is 21.0. The molecule has 0 amide bonds. The van der Waals surface area contributed by atoms with Crippen LogP contribution in [0.5, 0.6) is 0 Å². The molecule has 0 aromatic carbocycles. The Morgan fingerprint density at radius 3 is 1.84 bits per heavy atom. The molecule has 0 rings (SSSR count). The standard InChI is InChI=1S/C15H31NO2.ClH/c1-3-4-5-6-7-8-9-10-11-12-13-16-14-15(17)18-2;/h16H,3-14H2,1-2H3;1H. The van der Waals surface area contributed by atoms with Gasteiger partial charge < -0.3 is 10.1 Å². The van der Waals surface area contributed by atoms with Crippen molar-refractivity contribution >= 4 is 18.4 Å². The topological polar surface area (TPSA) is 38.3 Å². The second-order valence-corrected chi connectivity index (χ2v) is 4.93. The lowest BCUT2D eigenvalue weighted by Crippen LogP contribution is -2.24. The highest BCUT2D eigenvalue weighted by molar-refractivity contribution is 5.85. The van der Waals surface area contributed by atoms with Gasteiger partial charge in [0.1, 0.15) is 0 Å². The van der Waals surface area contributed by atoms with E-state index in [1.165, 1.54) is 64.9 Å². The van der Waals surface area contributed by atoms with E-state index < -0.39 is 0 Å². The van der Waals surface area contributed by atoms with Crippen LogP contribution in [0.1, 0.15) is 71.1 Å². The zero-order chi connectivity index (χ0) is 13.5. The van der Waals surface area contributed by atoms with Crippen LogP contribution in [0, 0.1) is 0 Å². The number of carbonyl (C=O) groups excluding carboxylic acids is 1. The first-order valence-corrected chi connectivity index (χ1v) is 7.58. The summed E-state index contributed by atoms with van der Waals surface area (Å²) >= 11 is 0. The number of esters is 1. The van der Waals surface area contributed by atoms with E-state index in [1.54, 1.807) is 0 Å². The molecule has 0 aliphatic heterocycles. The molecule has 4 heteroatoms. The largest absolute Gasteiger partial charge is 0.468 e. The quantitative estimate of drug-likeness (QED) is 0.410. The van der Waals surface area contributed by atoms with E-state index in [2.05, 4.69) is 17.0 Å². The highest BCUT2D eigenvalue weighted by atomic mass is 35.5. The number of ether oxygens (including phenoxy) is 1. The van der Waals surface area contributed by atoms with Crippen LogP contribution in [0.3, 0.4) is 0 Å². The van der Waals surface area contributed by atoms with Crippen LogP contribution in [0.4, 0.5) is 0 Å². The van der Waals surface area contributed by atoms with E-state index in [-0.39, 0.29) is 18.4 Å². The molecule has 0 aromatic heterocycles. The summed E-state index contributed by atoms with van der Waals surface area (Å²) in [7, 11) is 1.42. The Bertz CT molecular complexity index is 189. The maximum absolute atomic E-state index is 10.8. The van der Waals surface area contributed by atoms with Gasteiger partial charge in [-0.05, 0) is 13.0 Å². The second-order valence-electron chi connectivity index (χ2n) is 4.93. The first-order chi connectivity index (χ1) is 8.81. The summed E-state index contributed by atoms with van der Waals surface area (Å²) in [6.07, 6.45) is 13.5. The number of methoxy groups -OCH3 is 1. The molecular weight excluding hydrogens is 262 g/mol.